The Labute approximate surface area is 259 Å². The van der Waals surface area contributed by atoms with Crippen LogP contribution >= 0.6 is 23.4 Å². The third-order valence-electron chi connectivity index (χ3n) is 6.47. The van der Waals surface area contributed by atoms with E-state index >= 15 is 0 Å². The first-order valence-electron chi connectivity index (χ1n) is 13.3. The standard InChI is InChI=1S/C31H24ClFN4O6S/c1-2-43-30(41)23-14-21(11-12-24(23)32)35-28(39)17-37-29(40)26(44-31(37)42)13-18-15-36(25-6-4-3-5-22(18)25)16-27(38)34-20-9-7-19(33)8-10-20/h3-15H,2,16-17H2,1H3,(H,34,38)(H,35,39)/b26-13-. The van der Waals surface area contributed by atoms with Gasteiger partial charge in [0.25, 0.3) is 11.1 Å². The fraction of sp³-hybridized carbons (Fsp3) is 0.129. The molecule has 0 atom stereocenters. The van der Waals surface area contributed by atoms with Crippen molar-refractivity contribution in [3.63, 3.8) is 0 Å². The predicted molar refractivity (Wildman–Crippen MR) is 166 cm³/mol. The van der Waals surface area contributed by atoms with Crippen molar-refractivity contribution in [2.75, 3.05) is 23.8 Å². The highest BCUT2D eigenvalue weighted by Crippen LogP contribution is 2.34. The molecule has 1 fully saturated rings. The van der Waals surface area contributed by atoms with Crippen LogP contribution in [0.3, 0.4) is 0 Å². The van der Waals surface area contributed by atoms with Crippen LogP contribution in [0.15, 0.2) is 77.8 Å². The Morgan fingerprint density at radius 2 is 1.64 bits per heavy atom. The van der Waals surface area contributed by atoms with Crippen LogP contribution in [0.2, 0.25) is 5.02 Å². The fourth-order valence-corrected chi connectivity index (χ4v) is 5.52. The van der Waals surface area contributed by atoms with Gasteiger partial charge in [0, 0.05) is 34.0 Å². The van der Waals surface area contributed by atoms with E-state index in [4.69, 9.17) is 16.3 Å². The average molecular weight is 635 g/mol. The van der Waals surface area contributed by atoms with Crippen LogP contribution < -0.4 is 10.6 Å². The second-order valence-electron chi connectivity index (χ2n) is 9.52. The van der Waals surface area contributed by atoms with Crippen molar-refractivity contribution in [2.24, 2.45) is 0 Å². The van der Waals surface area contributed by atoms with E-state index in [2.05, 4.69) is 10.6 Å². The van der Waals surface area contributed by atoms with Gasteiger partial charge in [0.2, 0.25) is 11.8 Å². The molecule has 0 radical (unpaired) electrons. The number of benzene rings is 3. The van der Waals surface area contributed by atoms with E-state index in [-0.39, 0.29) is 40.2 Å². The zero-order valence-corrected chi connectivity index (χ0v) is 24.7. The van der Waals surface area contributed by atoms with E-state index in [1.807, 2.05) is 24.3 Å². The molecule has 3 aromatic carbocycles. The lowest BCUT2D eigenvalue weighted by Gasteiger charge is -2.13. The molecule has 0 spiro atoms. The maximum absolute atomic E-state index is 13.2. The number of aromatic nitrogens is 1. The van der Waals surface area contributed by atoms with Crippen molar-refractivity contribution >= 4 is 80.6 Å². The molecular formula is C31H24ClFN4O6S. The van der Waals surface area contributed by atoms with Crippen molar-refractivity contribution in [3.8, 4) is 0 Å². The Morgan fingerprint density at radius 1 is 0.955 bits per heavy atom. The molecule has 0 aliphatic carbocycles. The Morgan fingerprint density at radius 3 is 2.39 bits per heavy atom. The van der Waals surface area contributed by atoms with Gasteiger partial charge in [-0.3, -0.25) is 24.1 Å². The van der Waals surface area contributed by atoms with Gasteiger partial charge in [-0.05, 0) is 73.3 Å². The lowest BCUT2D eigenvalue weighted by Crippen LogP contribution is -2.36. The number of amides is 4. The number of esters is 1. The van der Waals surface area contributed by atoms with Crippen LogP contribution in [0, 0.1) is 5.82 Å². The molecule has 1 aromatic heterocycles. The molecule has 2 N–H and O–H groups in total. The molecule has 1 aliphatic heterocycles. The van der Waals surface area contributed by atoms with Gasteiger partial charge in [0.15, 0.2) is 0 Å². The number of nitrogens with one attached hydrogen (secondary N) is 2. The van der Waals surface area contributed by atoms with Crippen molar-refractivity contribution in [2.45, 2.75) is 13.5 Å². The van der Waals surface area contributed by atoms with Crippen molar-refractivity contribution in [3.05, 3.63) is 99.8 Å². The number of para-hydroxylation sites is 1. The van der Waals surface area contributed by atoms with Gasteiger partial charge in [-0.1, -0.05) is 29.8 Å². The van der Waals surface area contributed by atoms with E-state index in [0.29, 0.717) is 23.0 Å². The van der Waals surface area contributed by atoms with E-state index in [9.17, 15) is 28.4 Å². The van der Waals surface area contributed by atoms with Gasteiger partial charge >= 0.3 is 5.97 Å². The van der Waals surface area contributed by atoms with E-state index in [0.717, 1.165) is 15.8 Å². The molecule has 44 heavy (non-hydrogen) atoms. The van der Waals surface area contributed by atoms with Crippen LogP contribution in [-0.4, -0.2) is 51.5 Å². The average Bonchev–Trinajstić information content (AvgIpc) is 3.46. The summed E-state index contributed by atoms with van der Waals surface area (Å²) in [6, 6.07) is 16.9. The number of rotatable bonds is 9. The van der Waals surface area contributed by atoms with Gasteiger partial charge < -0.3 is 19.9 Å². The van der Waals surface area contributed by atoms with Crippen LogP contribution in [0.5, 0.6) is 0 Å². The Hall–Kier alpha value is -4.94. The summed E-state index contributed by atoms with van der Waals surface area (Å²) in [5, 5.41) is 5.55. The number of imide groups is 1. The second-order valence-corrected chi connectivity index (χ2v) is 10.9. The summed E-state index contributed by atoms with van der Waals surface area (Å²) in [7, 11) is 0. The summed E-state index contributed by atoms with van der Waals surface area (Å²) in [6.45, 7) is 1.18. The minimum absolute atomic E-state index is 0.0596. The molecule has 4 aromatic rings. The number of carbonyl (C=O) groups is 5. The molecule has 0 unspecified atom stereocenters. The van der Waals surface area contributed by atoms with E-state index in [1.165, 1.54) is 42.5 Å². The Balaban J connectivity index is 1.30. The largest absolute Gasteiger partial charge is 0.462 e. The minimum Gasteiger partial charge on any atom is -0.462 e. The van der Waals surface area contributed by atoms with Gasteiger partial charge in [0.05, 0.1) is 22.1 Å². The zero-order valence-electron chi connectivity index (χ0n) is 23.1. The van der Waals surface area contributed by atoms with Gasteiger partial charge in [-0.25, -0.2) is 9.18 Å². The molecule has 4 amide bonds. The summed E-state index contributed by atoms with van der Waals surface area (Å²) in [5.74, 6) is -2.72. The highest BCUT2D eigenvalue weighted by molar-refractivity contribution is 8.18. The quantitative estimate of drug-likeness (QED) is 0.173. The van der Waals surface area contributed by atoms with Gasteiger partial charge in [-0.2, -0.15) is 0 Å². The number of ether oxygens (including phenoxy) is 1. The highest BCUT2D eigenvalue weighted by Gasteiger charge is 2.36. The number of nitrogens with zero attached hydrogens (tertiary/aromatic N) is 2. The van der Waals surface area contributed by atoms with Crippen molar-refractivity contribution < 1.29 is 33.1 Å². The normalized spacial score (nSPS) is 13.9. The number of halogens is 2. The van der Waals surface area contributed by atoms with Crippen LogP contribution in [0.4, 0.5) is 20.6 Å². The van der Waals surface area contributed by atoms with E-state index < -0.39 is 35.4 Å². The molecule has 1 saturated heterocycles. The number of anilines is 2. The SMILES string of the molecule is CCOC(=O)c1cc(NC(=O)CN2C(=O)S/C(=C\c3cn(CC(=O)Nc4ccc(F)cc4)c4ccccc34)C2=O)ccc1Cl. The molecule has 2 heterocycles. The maximum atomic E-state index is 13.2. The van der Waals surface area contributed by atoms with Crippen LogP contribution in [0.25, 0.3) is 17.0 Å². The first-order valence-corrected chi connectivity index (χ1v) is 14.5. The summed E-state index contributed by atoms with van der Waals surface area (Å²) in [5.41, 5.74) is 2.06. The predicted octanol–water partition coefficient (Wildman–Crippen LogP) is 5.92. The van der Waals surface area contributed by atoms with Crippen molar-refractivity contribution in [1.29, 1.82) is 0 Å². The van der Waals surface area contributed by atoms with Crippen LogP contribution in [-0.2, 0) is 25.7 Å². The first kappa shape index (κ1) is 30.5. The summed E-state index contributed by atoms with van der Waals surface area (Å²) < 4.78 is 19.9. The monoisotopic (exact) mass is 634 g/mol. The Bertz CT molecular complexity index is 1840. The molecule has 10 nitrogen and oxygen atoms in total. The maximum Gasteiger partial charge on any atom is 0.339 e. The molecule has 13 heteroatoms. The van der Waals surface area contributed by atoms with Gasteiger partial charge in [0.1, 0.15) is 18.9 Å². The smallest absolute Gasteiger partial charge is 0.339 e. The molecule has 0 saturated carbocycles. The molecule has 0 bridgehead atoms. The topological polar surface area (TPSA) is 127 Å². The fourth-order valence-electron chi connectivity index (χ4n) is 4.50. The van der Waals surface area contributed by atoms with E-state index in [1.54, 1.807) is 23.8 Å². The number of carbonyl (C=O) groups excluding carboxylic acids is 5. The number of fused-ring (bicyclic) bond motifs is 1. The molecular weight excluding hydrogens is 611 g/mol. The first-order chi connectivity index (χ1) is 21.1. The lowest BCUT2D eigenvalue weighted by molar-refractivity contribution is -0.127. The van der Waals surface area contributed by atoms with Crippen molar-refractivity contribution in [1.82, 2.24) is 9.47 Å². The second kappa shape index (κ2) is 13.1. The highest BCUT2D eigenvalue weighted by atomic mass is 35.5. The number of hydrogen-bond acceptors (Lipinski definition) is 7. The van der Waals surface area contributed by atoms with Gasteiger partial charge in [-0.15, -0.1) is 0 Å². The Kier molecular flexibility index (Phi) is 9.12. The molecule has 1 aliphatic rings. The molecule has 224 valence electrons. The summed E-state index contributed by atoms with van der Waals surface area (Å²) in [6.07, 6.45) is 3.24. The lowest BCUT2D eigenvalue weighted by atomic mass is 10.1. The minimum atomic E-state index is -0.658. The number of hydrogen-bond donors (Lipinski definition) is 2. The van der Waals surface area contributed by atoms with Crippen LogP contribution in [0.1, 0.15) is 22.8 Å². The number of thioether (sulfide) groups is 1. The summed E-state index contributed by atoms with van der Waals surface area (Å²) >= 11 is 6.76. The summed E-state index contributed by atoms with van der Waals surface area (Å²) in [4.78, 5) is 64.4. The third-order valence-corrected chi connectivity index (χ3v) is 7.71. The zero-order chi connectivity index (χ0) is 31.4. The third kappa shape index (κ3) is 6.82. The molecule has 5 rings (SSSR count).